The van der Waals surface area contributed by atoms with Crippen molar-refractivity contribution in [2.75, 3.05) is 13.7 Å². The summed E-state index contributed by atoms with van der Waals surface area (Å²) < 4.78 is 5.19. The van der Waals surface area contributed by atoms with Crippen LogP contribution in [0.3, 0.4) is 0 Å². The molecule has 0 radical (unpaired) electrons. The molecular formula is C16H16N2O5. The third kappa shape index (κ3) is 2.70. The number of para-hydroxylation sites is 1. The van der Waals surface area contributed by atoms with Crippen LogP contribution in [0.1, 0.15) is 16.8 Å². The molecular weight excluding hydrogens is 300 g/mol. The van der Waals surface area contributed by atoms with Crippen LogP contribution in [0.5, 0.6) is 0 Å². The van der Waals surface area contributed by atoms with Gasteiger partial charge in [0.05, 0.1) is 11.7 Å². The van der Waals surface area contributed by atoms with Crippen molar-refractivity contribution in [1.29, 1.82) is 0 Å². The Labute approximate surface area is 131 Å². The molecule has 1 aliphatic rings. The highest BCUT2D eigenvalue weighted by atomic mass is 16.5. The first kappa shape index (κ1) is 15.2. The monoisotopic (exact) mass is 316 g/mol. The fraction of sp³-hybridized carbons (Fsp3) is 0.312. The van der Waals surface area contributed by atoms with Crippen LogP contribution >= 0.6 is 0 Å². The van der Waals surface area contributed by atoms with Crippen LogP contribution in [0.4, 0.5) is 0 Å². The molecule has 7 nitrogen and oxygen atoms in total. The largest absolute Gasteiger partial charge is 0.480 e. The number of carboxylic acid groups (broad SMARTS) is 1. The van der Waals surface area contributed by atoms with Gasteiger partial charge in [-0.1, -0.05) is 18.2 Å². The zero-order valence-electron chi connectivity index (χ0n) is 12.5. The number of methoxy groups -OCH3 is 1. The average molecular weight is 316 g/mol. The van der Waals surface area contributed by atoms with Crippen molar-refractivity contribution in [2.24, 2.45) is 0 Å². The molecule has 1 amide bonds. The topological polar surface area (TPSA) is 99.7 Å². The highest BCUT2D eigenvalue weighted by Crippen LogP contribution is 2.24. The van der Waals surface area contributed by atoms with Crippen LogP contribution in [0.15, 0.2) is 35.1 Å². The number of ether oxygens (including phenoxy) is 1. The van der Waals surface area contributed by atoms with Crippen molar-refractivity contribution in [3.8, 4) is 0 Å². The lowest BCUT2D eigenvalue weighted by Gasteiger charge is -2.21. The number of hydrogen-bond donors (Lipinski definition) is 2. The molecule has 0 saturated carbocycles. The Balaban J connectivity index is 2.06. The number of hydrogen-bond acceptors (Lipinski definition) is 4. The first-order chi connectivity index (χ1) is 11.0. The third-order valence-corrected chi connectivity index (χ3v) is 4.12. The van der Waals surface area contributed by atoms with Gasteiger partial charge in [-0.25, -0.2) is 4.79 Å². The van der Waals surface area contributed by atoms with Gasteiger partial charge < -0.3 is 19.7 Å². The van der Waals surface area contributed by atoms with Gasteiger partial charge in [-0.2, -0.15) is 0 Å². The van der Waals surface area contributed by atoms with Crippen molar-refractivity contribution < 1.29 is 19.4 Å². The molecule has 2 N–H and O–H groups in total. The minimum Gasteiger partial charge on any atom is -0.480 e. The number of carbonyl (C=O) groups is 2. The highest BCUT2D eigenvalue weighted by Gasteiger charge is 2.40. The summed E-state index contributed by atoms with van der Waals surface area (Å²) in [6.07, 6.45) is -0.0908. The van der Waals surface area contributed by atoms with Gasteiger partial charge in [0.15, 0.2) is 0 Å². The number of nitrogens with zero attached hydrogens (tertiary/aromatic N) is 1. The molecule has 0 spiro atoms. The molecule has 1 saturated heterocycles. The summed E-state index contributed by atoms with van der Waals surface area (Å²) in [6.45, 7) is 0.188. The molecule has 0 bridgehead atoms. The number of nitrogens with one attached hydrogen (secondary N) is 1. The van der Waals surface area contributed by atoms with E-state index in [1.807, 2.05) is 0 Å². The Kier molecular flexibility index (Phi) is 3.87. The van der Waals surface area contributed by atoms with Crippen molar-refractivity contribution in [1.82, 2.24) is 9.88 Å². The van der Waals surface area contributed by atoms with E-state index in [9.17, 15) is 19.5 Å². The van der Waals surface area contributed by atoms with Gasteiger partial charge in [-0.3, -0.25) is 9.59 Å². The Morgan fingerprint density at radius 1 is 1.35 bits per heavy atom. The van der Waals surface area contributed by atoms with Crippen LogP contribution in [-0.2, 0) is 9.53 Å². The van der Waals surface area contributed by atoms with Crippen LogP contribution in [0, 0.1) is 0 Å². The summed E-state index contributed by atoms with van der Waals surface area (Å²) in [7, 11) is 1.49. The summed E-state index contributed by atoms with van der Waals surface area (Å²) in [4.78, 5) is 40.0. The highest BCUT2D eigenvalue weighted by molar-refractivity contribution is 6.07. The van der Waals surface area contributed by atoms with E-state index >= 15 is 0 Å². The summed E-state index contributed by atoms with van der Waals surface area (Å²) in [5.41, 5.74) is 0.339. The van der Waals surface area contributed by atoms with Crippen LogP contribution in [-0.4, -0.2) is 52.7 Å². The first-order valence-corrected chi connectivity index (χ1v) is 7.20. The number of aliphatic carboxylic acids is 1. The van der Waals surface area contributed by atoms with Gasteiger partial charge in [0.1, 0.15) is 6.04 Å². The van der Waals surface area contributed by atoms with E-state index in [-0.39, 0.29) is 24.6 Å². The summed E-state index contributed by atoms with van der Waals surface area (Å²) in [5, 5.41) is 9.93. The Morgan fingerprint density at radius 3 is 2.78 bits per heavy atom. The number of rotatable bonds is 3. The normalized spacial score (nSPS) is 20.8. The van der Waals surface area contributed by atoms with E-state index in [4.69, 9.17) is 4.74 Å². The number of amides is 1. The first-order valence-electron chi connectivity index (χ1n) is 7.20. The number of aromatic amines is 1. The number of likely N-dealkylation sites (tertiary alicyclic amines) is 1. The molecule has 2 aromatic rings. The Hall–Kier alpha value is -2.67. The number of aromatic nitrogens is 1. The molecule has 2 unspecified atom stereocenters. The second-order valence-electron chi connectivity index (χ2n) is 5.50. The van der Waals surface area contributed by atoms with Crippen molar-refractivity contribution in [3.05, 3.63) is 46.2 Å². The molecule has 2 atom stereocenters. The van der Waals surface area contributed by atoms with Gasteiger partial charge in [0.25, 0.3) is 5.91 Å². The Bertz CT molecular complexity index is 829. The summed E-state index contributed by atoms with van der Waals surface area (Å²) >= 11 is 0. The van der Waals surface area contributed by atoms with Gasteiger partial charge in [-0.05, 0) is 6.07 Å². The smallest absolute Gasteiger partial charge is 0.326 e. The number of carbonyl (C=O) groups excluding carboxylic acids is 1. The van der Waals surface area contributed by atoms with Crippen molar-refractivity contribution >= 4 is 22.8 Å². The number of fused-ring (bicyclic) bond motifs is 1. The molecule has 0 aliphatic carbocycles. The minimum absolute atomic E-state index is 0.188. The lowest BCUT2D eigenvalue weighted by molar-refractivity contribution is -0.141. The Morgan fingerprint density at radius 2 is 2.09 bits per heavy atom. The van der Waals surface area contributed by atoms with E-state index in [1.165, 1.54) is 18.1 Å². The van der Waals surface area contributed by atoms with Crippen molar-refractivity contribution in [3.63, 3.8) is 0 Å². The van der Waals surface area contributed by atoms with E-state index in [1.54, 1.807) is 24.3 Å². The zero-order valence-corrected chi connectivity index (χ0v) is 12.5. The van der Waals surface area contributed by atoms with Crippen LogP contribution < -0.4 is 5.56 Å². The number of benzene rings is 1. The lowest BCUT2D eigenvalue weighted by atomic mass is 10.1. The second kappa shape index (κ2) is 5.85. The van der Waals surface area contributed by atoms with Gasteiger partial charge in [0.2, 0.25) is 5.56 Å². The maximum absolute atomic E-state index is 12.8. The molecule has 1 aliphatic heterocycles. The fourth-order valence-corrected chi connectivity index (χ4v) is 2.96. The molecule has 2 heterocycles. The molecule has 1 fully saturated rings. The van der Waals surface area contributed by atoms with E-state index in [0.29, 0.717) is 10.9 Å². The quantitative estimate of drug-likeness (QED) is 0.874. The van der Waals surface area contributed by atoms with Crippen LogP contribution in [0.2, 0.25) is 0 Å². The maximum Gasteiger partial charge on any atom is 0.326 e. The summed E-state index contributed by atoms with van der Waals surface area (Å²) in [6, 6.07) is 7.19. The number of carboxylic acids is 1. The molecule has 1 aromatic carbocycles. The average Bonchev–Trinajstić information content (AvgIpc) is 2.98. The zero-order chi connectivity index (χ0) is 16.6. The second-order valence-corrected chi connectivity index (χ2v) is 5.50. The third-order valence-electron chi connectivity index (χ3n) is 4.12. The number of H-pyrrole nitrogens is 1. The molecule has 120 valence electrons. The summed E-state index contributed by atoms with van der Waals surface area (Å²) in [5.74, 6) is -1.55. The van der Waals surface area contributed by atoms with E-state index in [2.05, 4.69) is 4.98 Å². The predicted octanol–water partition coefficient (Wildman–Crippen LogP) is 0.842. The molecule has 23 heavy (non-hydrogen) atoms. The minimum atomic E-state index is -1.08. The fourth-order valence-electron chi connectivity index (χ4n) is 2.96. The molecule has 3 rings (SSSR count). The van der Waals surface area contributed by atoms with Gasteiger partial charge in [-0.15, -0.1) is 0 Å². The predicted molar refractivity (Wildman–Crippen MR) is 82.4 cm³/mol. The number of pyridine rings is 1. The van der Waals surface area contributed by atoms with Crippen molar-refractivity contribution in [2.45, 2.75) is 18.6 Å². The maximum atomic E-state index is 12.8. The SMILES string of the molecule is COC1CC(C(=O)O)N(C(=O)c2cc(=O)[nH]c3ccccc23)C1. The molecule has 7 heteroatoms. The lowest BCUT2D eigenvalue weighted by Crippen LogP contribution is -2.41. The standard InChI is InChI=1S/C16H16N2O5/c1-23-9-6-13(16(21)22)18(8-9)15(20)11-7-14(19)17-12-5-3-2-4-10(11)12/h2-5,7,9,13H,6,8H2,1H3,(H,17,19)(H,21,22). The van der Waals surface area contributed by atoms with Gasteiger partial charge >= 0.3 is 5.97 Å². The van der Waals surface area contributed by atoms with Crippen LogP contribution in [0.25, 0.3) is 10.9 Å². The van der Waals surface area contributed by atoms with Gasteiger partial charge in [0, 0.05) is 37.0 Å². The van der Waals surface area contributed by atoms with E-state index in [0.717, 1.165) is 0 Å². The molecule has 1 aromatic heterocycles. The van der Waals surface area contributed by atoms with E-state index < -0.39 is 23.5 Å².